The highest BCUT2D eigenvalue weighted by Crippen LogP contribution is 2.22. The molecule has 25 heavy (non-hydrogen) atoms. The second kappa shape index (κ2) is 7.16. The summed E-state index contributed by atoms with van der Waals surface area (Å²) < 4.78 is 1.32. The SMILES string of the molecule is Cc1cc(-c2nnc(SCC(=O)Nc3ccc(Cl)cc3C)n2N)n[nH]1. The van der Waals surface area contributed by atoms with E-state index in [0.29, 0.717) is 21.7 Å². The smallest absolute Gasteiger partial charge is 0.234 e. The number of aryl methyl sites for hydroxylation is 2. The minimum absolute atomic E-state index is 0.150. The van der Waals surface area contributed by atoms with Crippen LogP contribution in [-0.4, -0.2) is 36.7 Å². The summed E-state index contributed by atoms with van der Waals surface area (Å²) in [4.78, 5) is 12.1. The lowest BCUT2D eigenvalue weighted by atomic mass is 10.2. The van der Waals surface area contributed by atoms with Crippen molar-refractivity contribution in [3.8, 4) is 11.5 Å². The van der Waals surface area contributed by atoms with Crippen molar-refractivity contribution < 1.29 is 4.79 Å². The van der Waals surface area contributed by atoms with Gasteiger partial charge in [-0.15, -0.1) is 10.2 Å². The third kappa shape index (κ3) is 3.94. The van der Waals surface area contributed by atoms with Crippen LogP contribution in [0.1, 0.15) is 11.3 Å². The average molecular weight is 378 g/mol. The molecule has 3 aromatic rings. The summed E-state index contributed by atoms with van der Waals surface area (Å²) in [7, 11) is 0. The summed E-state index contributed by atoms with van der Waals surface area (Å²) >= 11 is 7.10. The van der Waals surface area contributed by atoms with Crippen LogP contribution in [-0.2, 0) is 4.79 Å². The number of nitrogens with zero attached hydrogens (tertiary/aromatic N) is 4. The predicted molar refractivity (Wildman–Crippen MR) is 98.0 cm³/mol. The Kier molecular flexibility index (Phi) is 4.95. The summed E-state index contributed by atoms with van der Waals surface area (Å²) in [5.41, 5.74) is 3.10. The molecule has 0 spiro atoms. The van der Waals surface area contributed by atoms with E-state index in [1.165, 1.54) is 16.4 Å². The number of nitrogens with one attached hydrogen (secondary N) is 2. The molecule has 130 valence electrons. The zero-order valence-corrected chi connectivity index (χ0v) is 15.1. The third-order valence-corrected chi connectivity index (χ3v) is 4.57. The zero-order valence-electron chi connectivity index (χ0n) is 13.6. The summed E-state index contributed by atoms with van der Waals surface area (Å²) in [5, 5.41) is 18.8. The molecule has 2 heterocycles. The van der Waals surface area contributed by atoms with Crippen LogP contribution in [0.4, 0.5) is 5.69 Å². The molecule has 4 N–H and O–H groups in total. The van der Waals surface area contributed by atoms with E-state index in [2.05, 4.69) is 25.7 Å². The number of thioether (sulfide) groups is 1. The number of hydrogen-bond donors (Lipinski definition) is 3. The fourth-order valence-electron chi connectivity index (χ4n) is 2.17. The van der Waals surface area contributed by atoms with Gasteiger partial charge in [-0.2, -0.15) is 5.10 Å². The number of nitrogen functional groups attached to an aromatic ring is 1. The van der Waals surface area contributed by atoms with Gasteiger partial charge in [-0.25, -0.2) is 4.68 Å². The first-order chi connectivity index (χ1) is 11.9. The molecule has 3 rings (SSSR count). The molecule has 0 radical (unpaired) electrons. The molecule has 0 bridgehead atoms. The molecule has 0 atom stereocenters. The average Bonchev–Trinajstić information content (AvgIpc) is 3.14. The third-order valence-electron chi connectivity index (χ3n) is 3.39. The Morgan fingerprint density at radius 1 is 1.36 bits per heavy atom. The van der Waals surface area contributed by atoms with Crippen LogP contribution >= 0.6 is 23.4 Å². The lowest BCUT2D eigenvalue weighted by molar-refractivity contribution is -0.113. The van der Waals surface area contributed by atoms with E-state index in [1.54, 1.807) is 18.2 Å². The van der Waals surface area contributed by atoms with Crippen LogP contribution < -0.4 is 11.2 Å². The van der Waals surface area contributed by atoms with E-state index >= 15 is 0 Å². The highest BCUT2D eigenvalue weighted by atomic mass is 35.5. The lowest BCUT2D eigenvalue weighted by Crippen LogP contribution is -2.17. The molecule has 1 aromatic carbocycles. The number of aromatic amines is 1. The number of benzene rings is 1. The molecule has 10 heteroatoms. The van der Waals surface area contributed by atoms with Gasteiger partial charge in [0.05, 0.1) is 5.75 Å². The first-order valence-corrected chi connectivity index (χ1v) is 8.72. The molecule has 0 saturated heterocycles. The van der Waals surface area contributed by atoms with E-state index in [1.807, 2.05) is 19.9 Å². The van der Waals surface area contributed by atoms with Crippen LogP contribution in [0.2, 0.25) is 5.02 Å². The summed E-state index contributed by atoms with van der Waals surface area (Å²) in [6.07, 6.45) is 0. The number of halogens is 1. The number of carbonyl (C=O) groups excluding carboxylic acids is 1. The summed E-state index contributed by atoms with van der Waals surface area (Å²) in [6, 6.07) is 7.10. The molecular weight excluding hydrogens is 362 g/mol. The Labute approximate surface area is 153 Å². The van der Waals surface area contributed by atoms with Gasteiger partial charge in [-0.05, 0) is 43.7 Å². The number of hydrogen-bond acceptors (Lipinski definition) is 6. The molecular formula is C15H16ClN7OS. The normalized spacial score (nSPS) is 10.8. The van der Waals surface area contributed by atoms with Gasteiger partial charge in [0.1, 0.15) is 5.69 Å². The topological polar surface area (TPSA) is 115 Å². The Morgan fingerprint density at radius 2 is 2.16 bits per heavy atom. The number of nitrogens with two attached hydrogens (primary N) is 1. The van der Waals surface area contributed by atoms with E-state index < -0.39 is 0 Å². The largest absolute Gasteiger partial charge is 0.335 e. The molecule has 0 aliphatic rings. The van der Waals surface area contributed by atoms with Crippen molar-refractivity contribution in [2.45, 2.75) is 19.0 Å². The van der Waals surface area contributed by atoms with Crippen molar-refractivity contribution >= 4 is 35.0 Å². The molecule has 0 unspecified atom stereocenters. The minimum atomic E-state index is -0.171. The molecule has 0 fully saturated rings. The molecule has 0 aliphatic carbocycles. The summed E-state index contributed by atoms with van der Waals surface area (Å²) in [6.45, 7) is 3.76. The van der Waals surface area contributed by atoms with E-state index in [4.69, 9.17) is 17.4 Å². The van der Waals surface area contributed by atoms with Gasteiger partial charge in [0.15, 0.2) is 0 Å². The first kappa shape index (κ1) is 17.3. The molecule has 0 aliphatic heterocycles. The van der Waals surface area contributed by atoms with Crippen LogP contribution in [0, 0.1) is 13.8 Å². The quantitative estimate of drug-likeness (QED) is 0.464. The van der Waals surface area contributed by atoms with Crippen molar-refractivity contribution in [2.24, 2.45) is 0 Å². The molecule has 0 saturated carbocycles. The number of rotatable bonds is 5. The minimum Gasteiger partial charge on any atom is -0.335 e. The maximum absolute atomic E-state index is 12.1. The number of aromatic nitrogens is 5. The number of amides is 1. The zero-order chi connectivity index (χ0) is 18.0. The fourth-order valence-corrected chi connectivity index (χ4v) is 3.05. The van der Waals surface area contributed by atoms with Gasteiger partial charge >= 0.3 is 0 Å². The van der Waals surface area contributed by atoms with Crippen molar-refractivity contribution in [3.05, 3.63) is 40.5 Å². The van der Waals surface area contributed by atoms with Crippen molar-refractivity contribution in [1.29, 1.82) is 0 Å². The Hall–Kier alpha value is -2.52. The Bertz CT molecular complexity index is 920. The monoisotopic (exact) mass is 377 g/mol. The maximum Gasteiger partial charge on any atom is 0.234 e. The van der Waals surface area contributed by atoms with Crippen molar-refractivity contribution in [2.75, 3.05) is 16.9 Å². The van der Waals surface area contributed by atoms with Gasteiger partial charge in [0, 0.05) is 16.4 Å². The summed E-state index contributed by atoms with van der Waals surface area (Å²) in [5.74, 6) is 6.41. The van der Waals surface area contributed by atoms with Crippen LogP contribution in [0.3, 0.4) is 0 Å². The lowest BCUT2D eigenvalue weighted by Gasteiger charge is -2.08. The van der Waals surface area contributed by atoms with E-state index in [9.17, 15) is 4.79 Å². The molecule has 2 aromatic heterocycles. The highest BCUT2D eigenvalue weighted by molar-refractivity contribution is 7.99. The molecule has 1 amide bonds. The van der Waals surface area contributed by atoms with Crippen LogP contribution in [0.15, 0.2) is 29.4 Å². The predicted octanol–water partition coefficient (Wildman–Crippen LogP) is 2.38. The van der Waals surface area contributed by atoms with Gasteiger partial charge in [0.25, 0.3) is 0 Å². The van der Waals surface area contributed by atoms with Gasteiger partial charge in [-0.3, -0.25) is 9.89 Å². The van der Waals surface area contributed by atoms with Crippen LogP contribution in [0.25, 0.3) is 11.5 Å². The first-order valence-electron chi connectivity index (χ1n) is 7.35. The standard InChI is InChI=1S/C15H16ClN7OS/c1-8-5-10(16)3-4-11(8)18-13(24)7-25-15-22-21-14(23(15)17)12-6-9(2)19-20-12/h3-6H,7,17H2,1-2H3,(H,18,24)(H,19,20). The second-order valence-corrected chi connectivity index (χ2v) is 6.79. The number of carbonyl (C=O) groups is 1. The Balaban J connectivity index is 1.63. The van der Waals surface area contributed by atoms with Crippen molar-refractivity contribution in [3.63, 3.8) is 0 Å². The van der Waals surface area contributed by atoms with Gasteiger partial charge in [-0.1, -0.05) is 23.4 Å². The van der Waals surface area contributed by atoms with Crippen molar-refractivity contribution in [1.82, 2.24) is 25.1 Å². The number of anilines is 1. The van der Waals surface area contributed by atoms with Crippen LogP contribution in [0.5, 0.6) is 0 Å². The maximum atomic E-state index is 12.1. The van der Waals surface area contributed by atoms with E-state index in [0.717, 1.165) is 16.9 Å². The van der Waals surface area contributed by atoms with E-state index in [-0.39, 0.29) is 11.7 Å². The Morgan fingerprint density at radius 3 is 2.84 bits per heavy atom. The molecule has 8 nitrogen and oxygen atoms in total. The second-order valence-electron chi connectivity index (χ2n) is 5.41. The van der Waals surface area contributed by atoms with Gasteiger partial charge in [0.2, 0.25) is 16.9 Å². The number of H-pyrrole nitrogens is 1. The van der Waals surface area contributed by atoms with Gasteiger partial charge < -0.3 is 11.2 Å². The fraction of sp³-hybridized carbons (Fsp3) is 0.200. The highest BCUT2D eigenvalue weighted by Gasteiger charge is 2.16.